The third kappa shape index (κ3) is 3.28. The van der Waals surface area contributed by atoms with E-state index in [4.69, 9.17) is 4.74 Å². The Balaban J connectivity index is 2.05. The van der Waals surface area contributed by atoms with Gasteiger partial charge in [-0.1, -0.05) is 12.8 Å². The molecule has 20 heavy (non-hydrogen) atoms. The monoisotopic (exact) mass is 281 g/mol. The minimum absolute atomic E-state index is 0.0357. The highest BCUT2D eigenvalue weighted by Crippen LogP contribution is 2.24. The van der Waals surface area contributed by atoms with Crippen molar-refractivity contribution in [3.8, 4) is 5.75 Å². The molecule has 1 fully saturated rings. The van der Waals surface area contributed by atoms with Crippen LogP contribution in [-0.2, 0) is 0 Å². The normalized spacial score (nSPS) is 22.4. The van der Waals surface area contributed by atoms with Gasteiger partial charge < -0.3 is 15.2 Å². The molecule has 0 saturated heterocycles. The van der Waals surface area contributed by atoms with Crippen LogP contribution in [0.3, 0.4) is 0 Å². The van der Waals surface area contributed by atoms with Crippen LogP contribution in [0, 0.1) is 11.7 Å². The summed E-state index contributed by atoms with van der Waals surface area (Å²) in [5, 5.41) is 12.2. The van der Waals surface area contributed by atoms with E-state index in [0.29, 0.717) is 0 Å². The van der Waals surface area contributed by atoms with Gasteiger partial charge in [0.25, 0.3) is 5.91 Å². The molecule has 1 saturated carbocycles. The fourth-order valence-electron chi connectivity index (χ4n) is 2.68. The summed E-state index contributed by atoms with van der Waals surface area (Å²) in [6, 6.07) is 4.11. The Kier molecular flexibility index (Phi) is 4.95. The molecule has 1 amide bonds. The summed E-state index contributed by atoms with van der Waals surface area (Å²) >= 11 is 0. The van der Waals surface area contributed by atoms with Gasteiger partial charge in [0.15, 0.2) is 11.6 Å². The van der Waals surface area contributed by atoms with Gasteiger partial charge in [0.1, 0.15) is 0 Å². The lowest BCUT2D eigenvalue weighted by atomic mass is 9.85. The first-order valence-electron chi connectivity index (χ1n) is 6.91. The highest BCUT2D eigenvalue weighted by atomic mass is 19.1. The van der Waals surface area contributed by atoms with Gasteiger partial charge in [-0.05, 0) is 31.0 Å². The number of amides is 1. The molecule has 0 aromatic heterocycles. The molecule has 2 N–H and O–H groups in total. The molecule has 1 aromatic carbocycles. The van der Waals surface area contributed by atoms with E-state index in [1.165, 1.54) is 25.3 Å². The largest absolute Gasteiger partial charge is 0.494 e. The lowest BCUT2D eigenvalue weighted by Gasteiger charge is -2.30. The zero-order valence-electron chi connectivity index (χ0n) is 11.6. The van der Waals surface area contributed by atoms with Gasteiger partial charge in [-0.25, -0.2) is 4.39 Å². The second-order valence-electron chi connectivity index (χ2n) is 5.16. The van der Waals surface area contributed by atoms with Crippen LogP contribution in [0.4, 0.5) is 4.39 Å². The van der Waals surface area contributed by atoms with E-state index in [1.807, 2.05) is 0 Å². The summed E-state index contributed by atoms with van der Waals surface area (Å²) in [5.74, 6) is -0.650. The standard InChI is InChI=1S/C15H20FNO3/c1-20-14-7-6-10(8-12(14)16)15(19)17-13-5-3-2-4-11(13)9-18/h6-8,11,13,18H,2-5,9H2,1H3,(H,17,19). The van der Waals surface area contributed by atoms with Crippen molar-refractivity contribution in [3.05, 3.63) is 29.6 Å². The van der Waals surface area contributed by atoms with Crippen molar-refractivity contribution in [2.45, 2.75) is 31.7 Å². The number of hydrogen-bond acceptors (Lipinski definition) is 3. The molecular weight excluding hydrogens is 261 g/mol. The van der Waals surface area contributed by atoms with Gasteiger partial charge in [0, 0.05) is 24.1 Å². The van der Waals surface area contributed by atoms with E-state index in [9.17, 15) is 14.3 Å². The number of ether oxygens (including phenoxy) is 1. The number of halogens is 1. The predicted molar refractivity (Wildman–Crippen MR) is 73.3 cm³/mol. The van der Waals surface area contributed by atoms with Crippen LogP contribution in [-0.4, -0.2) is 30.8 Å². The third-order valence-electron chi connectivity index (χ3n) is 3.87. The zero-order chi connectivity index (χ0) is 14.5. The summed E-state index contributed by atoms with van der Waals surface area (Å²) in [6.45, 7) is 0.0713. The Hall–Kier alpha value is -1.62. The highest BCUT2D eigenvalue weighted by molar-refractivity contribution is 5.94. The number of rotatable bonds is 4. The van der Waals surface area contributed by atoms with Crippen molar-refractivity contribution in [2.75, 3.05) is 13.7 Å². The molecular formula is C15H20FNO3. The predicted octanol–water partition coefficient (Wildman–Crippen LogP) is 2.12. The van der Waals surface area contributed by atoms with Crippen molar-refractivity contribution < 1.29 is 19.0 Å². The average Bonchev–Trinajstić information content (AvgIpc) is 2.47. The number of aliphatic hydroxyl groups excluding tert-OH is 1. The number of carbonyl (C=O) groups is 1. The number of hydrogen-bond donors (Lipinski definition) is 2. The van der Waals surface area contributed by atoms with Crippen molar-refractivity contribution in [3.63, 3.8) is 0 Å². The number of methoxy groups -OCH3 is 1. The topological polar surface area (TPSA) is 58.6 Å². The summed E-state index contributed by atoms with van der Waals surface area (Å²) in [5.41, 5.74) is 0.269. The fraction of sp³-hybridized carbons (Fsp3) is 0.533. The first-order chi connectivity index (χ1) is 9.65. The van der Waals surface area contributed by atoms with Crippen LogP contribution in [0.2, 0.25) is 0 Å². The van der Waals surface area contributed by atoms with Crippen molar-refractivity contribution >= 4 is 5.91 Å². The second kappa shape index (κ2) is 6.70. The van der Waals surface area contributed by atoms with E-state index in [1.54, 1.807) is 0 Å². The van der Waals surface area contributed by atoms with Crippen LogP contribution >= 0.6 is 0 Å². The van der Waals surface area contributed by atoms with Crippen molar-refractivity contribution in [1.82, 2.24) is 5.32 Å². The highest BCUT2D eigenvalue weighted by Gasteiger charge is 2.26. The molecule has 110 valence electrons. The third-order valence-corrected chi connectivity index (χ3v) is 3.87. The van der Waals surface area contributed by atoms with Crippen LogP contribution in [0.1, 0.15) is 36.0 Å². The van der Waals surface area contributed by atoms with E-state index in [0.717, 1.165) is 25.7 Å². The maximum Gasteiger partial charge on any atom is 0.251 e. The summed E-state index contributed by atoms with van der Waals surface area (Å²) in [4.78, 5) is 12.1. The molecule has 0 heterocycles. The van der Waals surface area contributed by atoms with E-state index < -0.39 is 5.82 Å². The van der Waals surface area contributed by atoms with Crippen LogP contribution in [0.15, 0.2) is 18.2 Å². The molecule has 2 unspecified atom stereocenters. The van der Waals surface area contributed by atoms with Gasteiger partial charge in [-0.3, -0.25) is 4.79 Å². The van der Waals surface area contributed by atoms with Crippen LogP contribution in [0.25, 0.3) is 0 Å². The summed E-state index contributed by atoms with van der Waals surface area (Å²) in [7, 11) is 1.38. The van der Waals surface area contributed by atoms with Gasteiger partial charge in [0.05, 0.1) is 7.11 Å². The Labute approximate surface area is 117 Å². The minimum Gasteiger partial charge on any atom is -0.494 e. The van der Waals surface area contributed by atoms with E-state index in [-0.39, 0.29) is 35.8 Å². The molecule has 0 radical (unpaired) electrons. The molecule has 0 spiro atoms. The molecule has 4 nitrogen and oxygen atoms in total. The molecule has 0 aliphatic heterocycles. The Bertz CT molecular complexity index is 478. The maximum atomic E-state index is 13.6. The molecule has 5 heteroatoms. The van der Waals surface area contributed by atoms with Crippen molar-refractivity contribution in [1.29, 1.82) is 0 Å². The molecule has 1 aromatic rings. The first-order valence-corrected chi connectivity index (χ1v) is 6.91. The number of benzene rings is 1. The number of aliphatic hydroxyl groups is 1. The fourth-order valence-corrected chi connectivity index (χ4v) is 2.68. The number of carbonyl (C=O) groups excluding carboxylic acids is 1. The lowest BCUT2D eigenvalue weighted by molar-refractivity contribution is 0.0872. The van der Waals surface area contributed by atoms with Gasteiger partial charge in [0.2, 0.25) is 0 Å². The Morgan fingerprint density at radius 3 is 2.85 bits per heavy atom. The summed E-state index contributed by atoms with van der Waals surface area (Å²) in [6.07, 6.45) is 3.89. The molecule has 1 aliphatic carbocycles. The Morgan fingerprint density at radius 1 is 1.45 bits per heavy atom. The molecule has 0 bridgehead atoms. The smallest absolute Gasteiger partial charge is 0.251 e. The zero-order valence-corrected chi connectivity index (χ0v) is 11.6. The van der Waals surface area contributed by atoms with Crippen LogP contribution < -0.4 is 10.1 Å². The lowest BCUT2D eigenvalue weighted by Crippen LogP contribution is -2.43. The van der Waals surface area contributed by atoms with Crippen LogP contribution in [0.5, 0.6) is 5.75 Å². The molecule has 2 rings (SSSR count). The minimum atomic E-state index is -0.553. The summed E-state index contributed by atoms with van der Waals surface area (Å²) < 4.78 is 18.4. The van der Waals surface area contributed by atoms with Crippen molar-refractivity contribution in [2.24, 2.45) is 5.92 Å². The second-order valence-corrected chi connectivity index (χ2v) is 5.16. The van der Waals surface area contributed by atoms with E-state index >= 15 is 0 Å². The maximum absolute atomic E-state index is 13.6. The van der Waals surface area contributed by atoms with Gasteiger partial charge >= 0.3 is 0 Å². The van der Waals surface area contributed by atoms with Gasteiger partial charge in [-0.2, -0.15) is 0 Å². The SMILES string of the molecule is COc1ccc(C(=O)NC2CCCCC2CO)cc1F. The Morgan fingerprint density at radius 2 is 2.20 bits per heavy atom. The van der Waals surface area contributed by atoms with Gasteiger partial charge in [-0.15, -0.1) is 0 Å². The average molecular weight is 281 g/mol. The van der Waals surface area contributed by atoms with E-state index in [2.05, 4.69) is 5.32 Å². The first kappa shape index (κ1) is 14.8. The molecule has 2 atom stereocenters. The quantitative estimate of drug-likeness (QED) is 0.888. The number of nitrogens with one attached hydrogen (secondary N) is 1. The molecule has 1 aliphatic rings.